The monoisotopic (exact) mass is 417 g/mol. The quantitative estimate of drug-likeness (QED) is 0.224. The number of rotatable bonds is 6. The molecule has 1 aromatic rings. The maximum Gasteiger partial charge on any atom is 0.355 e. The molecule has 2 fully saturated rings. The largest absolute Gasteiger partial charge is 0.456 e. The summed E-state index contributed by atoms with van der Waals surface area (Å²) in [4.78, 5) is 52.7. The summed E-state index contributed by atoms with van der Waals surface area (Å²) in [6, 6.07) is 5.38. The van der Waals surface area contributed by atoms with Gasteiger partial charge in [-0.05, 0) is 23.8 Å². The minimum absolute atomic E-state index is 0.0523. The van der Waals surface area contributed by atoms with Gasteiger partial charge in [-0.3, -0.25) is 29.4 Å². The van der Waals surface area contributed by atoms with Crippen molar-refractivity contribution < 1.29 is 28.9 Å². The lowest BCUT2D eigenvalue weighted by atomic mass is 9.97. The van der Waals surface area contributed by atoms with Crippen molar-refractivity contribution >= 4 is 35.2 Å². The van der Waals surface area contributed by atoms with Gasteiger partial charge in [-0.25, -0.2) is 9.86 Å². The molecule has 4 rings (SSSR count). The van der Waals surface area contributed by atoms with Crippen molar-refractivity contribution in [2.45, 2.75) is 24.4 Å². The van der Waals surface area contributed by atoms with Crippen molar-refractivity contribution in [3.63, 3.8) is 0 Å². The van der Waals surface area contributed by atoms with Gasteiger partial charge in [0, 0.05) is 23.1 Å². The van der Waals surface area contributed by atoms with Crippen LogP contribution >= 0.6 is 11.8 Å². The number of carbonyl (C=O) groups excluding carboxylic acids is 3. The molecule has 0 radical (unpaired) electrons. The second kappa shape index (κ2) is 7.33. The first-order valence-electron chi connectivity index (χ1n) is 8.58. The zero-order valence-electron chi connectivity index (χ0n) is 15.1. The van der Waals surface area contributed by atoms with Gasteiger partial charge < -0.3 is 4.74 Å². The molecule has 0 saturated carbocycles. The molecule has 11 heteroatoms. The normalized spacial score (nSPS) is 24.0. The summed E-state index contributed by atoms with van der Waals surface area (Å²) in [5.41, 5.74) is 1.21. The molecular formula is C18H15N3O7S. The molecule has 150 valence electrons. The topological polar surface area (TPSA) is 119 Å². The van der Waals surface area contributed by atoms with Crippen molar-refractivity contribution in [1.82, 2.24) is 9.96 Å². The van der Waals surface area contributed by atoms with Gasteiger partial charge in [-0.1, -0.05) is 0 Å². The zero-order valence-corrected chi connectivity index (χ0v) is 16.0. The Balaban J connectivity index is 1.35. The number of amides is 2. The van der Waals surface area contributed by atoms with Gasteiger partial charge in [0.1, 0.15) is 17.7 Å². The van der Waals surface area contributed by atoms with Gasteiger partial charge in [0.15, 0.2) is 0 Å². The third-order valence-electron chi connectivity index (χ3n) is 4.76. The van der Waals surface area contributed by atoms with E-state index in [4.69, 9.17) is 9.57 Å². The molecule has 0 N–H and O–H groups in total. The smallest absolute Gasteiger partial charge is 0.355 e. The fraction of sp³-hybridized carbons (Fsp3) is 0.278. The van der Waals surface area contributed by atoms with E-state index in [1.807, 2.05) is 0 Å². The van der Waals surface area contributed by atoms with Crippen LogP contribution in [0.25, 0.3) is 0 Å². The molecule has 0 aromatic heterocycles. The number of hydrogen-bond acceptors (Lipinski definition) is 8. The summed E-state index contributed by atoms with van der Waals surface area (Å²) in [6.07, 6.45) is 1.97. The molecule has 0 aliphatic carbocycles. The number of nitro groups is 1. The Labute approximate surface area is 168 Å². The Bertz CT molecular complexity index is 972. The van der Waals surface area contributed by atoms with Crippen LogP contribution in [0.5, 0.6) is 0 Å². The van der Waals surface area contributed by atoms with Crippen LogP contribution in [0.3, 0.4) is 0 Å². The average molecular weight is 417 g/mol. The summed E-state index contributed by atoms with van der Waals surface area (Å²) in [7, 11) is 1.39. The highest BCUT2D eigenvalue weighted by molar-refractivity contribution is 8.03. The highest BCUT2D eigenvalue weighted by Crippen LogP contribution is 2.45. The second-order valence-corrected chi connectivity index (χ2v) is 7.42. The van der Waals surface area contributed by atoms with E-state index in [2.05, 4.69) is 0 Å². The lowest BCUT2D eigenvalue weighted by Gasteiger charge is -2.41. The van der Waals surface area contributed by atoms with Crippen LogP contribution in [0, 0.1) is 10.1 Å². The molecule has 2 amide bonds. The Kier molecular flexibility index (Phi) is 4.84. The van der Waals surface area contributed by atoms with E-state index >= 15 is 0 Å². The SMILES string of the molecule is CON1C(=O)C[C@@H]1C=C1C(=O)N2C(C(=O)OCc3ccc([N+](=O)[O-])cc3)=CS[C@H]12. The predicted molar refractivity (Wildman–Crippen MR) is 99.5 cm³/mol. The number of hydroxylamine groups is 2. The van der Waals surface area contributed by atoms with Crippen molar-refractivity contribution in [2.75, 3.05) is 7.11 Å². The fourth-order valence-corrected chi connectivity index (χ4v) is 4.34. The Hall–Kier alpha value is -3.18. The lowest BCUT2D eigenvalue weighted by Crippen LogP contribution is -2.55. The number of nitro benzene ring substituents is 1. The first-order valence-corrected chi connectivity index (χ1v) is 9.52. The van der Waals surface area contributed by atoms with E-state index in [9.17, 15) is 24.5 Å². The summed E-state index contributed by atoms with van der Waals surface area (Å²) >= 11 is 1.31. The summed E-state index contributed by atoms with van der Waals surface area (Å²) in [5.74, 6) is -1.11. The van der Waals surface area contributed by atoms with E-state index in [0.717, 1.165) is 0 Å². The molecule has 3 heterocycles. The second-order valence-electron chi connectivity index (χ2n) is 6.46. The number of nitrogens with zero attached hydrogens (tertiary/aromatic N) is 3. The minimum Gasteiger partial charge on any atom is -0.456 e. The van der Waals surface area contributed by atoms with E-state index in [1.54, 1.807) is 11.5 Å². The standard InChI is InChI=1S/C18H15N3O7S/c1-27-20-12(7-15(20)22)6-13-16(23)19-14(9-29-17(13)19)18(24)28-8-10-2-4-11(5-3-10)21(25)26/h2-6,9,12,17H,7-8H2,1H3/t12-,17+/m0/s1. The molecule has 0 unspecified atom stereocenters. The van der Waals surface area contributed by atoms with E-state index in [-0.39, 0.29) is 47.6 Å². The third kappa shape index (κ3) is 3.28. The molecule has 3 aliphatic heterocycles. The van der Waals surface area contributed by atoms with E-state index < -0.39 is 10.9 Å². The highest BCUT2D eigenvalue weighted by atomic mass is 32.2. The van der Waals surface area contributed by atoms with E-state index in [0.29, 0.717) is 11.1 Å². The van der Waals surface area contributed by atoms with Crippen LogP contribution in [-0.4, -0.2) is 51.2 Å². The van der Waals surface area contributed by atoms with Crippen molar-refractivity contribution in [2.24, 2.45) is 0 Å². The maximum absolute atomic E-state index is 12.5. The molecule has 0 spiro atoms. The van der Waals surface area contributed by atoms with Gasteiger partial charge in [0.2, 0.25) is 5.91 Å². The van der Waals surface area contributed by atoms with E-state index in [1.165, 1.54) is 53.1 Å². The van der Waals surface area contributed by atoms with Gasteiger partial charge in [-0.2, -0.15) is 0 Å². The minimum atomic E-state index is -0.650. The summed E-state index contributed by atoms with van der Waals surface area (Å²) < 4.78 is 5.23. The average Bonchev–Trinajstić information content (AvgIpc) is 3.10. The number of β-lactam (4-membered cyclic amide) rings is 2. The molecule has 0 bridgehead atoms. The van der Waals surface area contributed by atoms with Crippen LogP contribution in [0.2, 0.25) is 0 Å². The van der Waals surface area contributed by atoms with Crippen LogP contribution in [0.1, 0.15) is 12.0 Å². The predicted octanol–water partition coefficient (Wildman–Crippen LogP) is 1.48. The van der Waals surface area contributed by atoms with Crippen LogP contribution < -0.4 is 0 Å². The van der Waals surface area contributed by atoms with Gasteiger partial charge >= 0.3 is 5.97 Å². The van der Waals surface area contributed by atoms with Gasteiger partial charge in [-0.15, -0.1) is 11.8 Å². The molecule has 2 atom stereocenters. The van der Waals surface area contributed by atoms with Gasteiger partial charge in [0.25, 0.3) is 11.6 Å². The molecule has 3 aliphatic rings. The Morgan fingerprint density at radius 3 is 2.69 bits per heavy atom. The van der Waals surface area contributed by atoms with Crippen molar-refractivity contribution in [3.05, 3.63) is 62.7 Å². The zero-order chi connectivity index (χ0) is 20.7. The third-order valence-corrected chi connectivity index (χ3v) is 5.84. The molecule has 29 heavy (non-hydrogen) atoms. The highest BCUT2D eigenvalue weighted by Gasteiger charge is 2.51. The molecular weight excluding hydrogens is 402 g/mol. The number of benzene rings is 1. The summed E-state index contributed by atoms with van der Waals surface area (Å²) in [6.45, 7) is -0.0682. The Morgan fingerprint density at radius 1 is 1.34 bits per heavy atom. The number of fused-ring (bicyclic) bond motifs is 1. The Morgan fingerprint density at radius 2 is 2.07 bits per heavy atom. The van der Waals surface area contributed by atoms with Crippen LogP contribution in [0.4, 0.5) is 5.69 Å². The first-order chi connectivity index (χ1) is 13.9. The number of thioether (sulfide) groups is 1. The fourth-order valence-electron chi connectivity index (χ4n) is 3.21. The van der Waals surface area contributed by atoms with Crippen LogP contribution in [-0.2, 0) is 30.6 Å². The van der Waals surface area contributed by atoms with Gasteiger partial charge in [0.05, 0.1) is 24.5 Å². The molecule has 2 saturated heterocycles. The first kappa shape index (κ1) is 19.2. The number of carbonyl (C=O) groups is 3. The molecule has 10 nitrogen and oxygen atoms in total. The molecule has 1 aromatic carbocycles. The number of non-ortho nitro benzene ring substituents is 1. The summed E-state index contributed by atoms with van der Waals surface area (Å²) in [5, 5.41) is 13.1. The lowest BCUT2D eigenvalue weighted by molar-refractivity contribution is -0.384. The number of ether oxygens (including phenoxy) is 1. The van der Waals surface area contributed by atoms with Crippen molar-refractivity contribution in [1.29, 1.82) is 0 Å². The number of hydrogen-bond donors (Lipinski definition) is 0. The maximum atomic E-state index is 12.5. The van der Waals surface area contributed by atoms with Crippen LogP contribution in [0.15, 0.2) is 47.0 Å². The van der Waals surface area contributed by atoms with Crippen molar-refractivity contribution in [3.8, 4) is 0 Å². The number of esters is 1.